The molecule has 0 saturated carbocycles. The van der Waals surface area contributed by atoms with Gasteiger partial charge in [-0.05, 0) is 36.9 Å². The van der Waals surface area contributed by atoms with Crippen molar-refractivity contribution in [3.8, 4) is 0 Å². The molecular formula is C19H24N2O. The number of hydrogen-bond donors (Lipinski definition) is 2. The van der Waals surface area contributed by atoms with Crippen LogP contribution in [0.4, 0.5) is 0 Å². The summed E-state index contributed by atoms with van der Waals surface area (Å²) in [5.41, 5.74) is 2.31. The van der Waals surface area contributed by atoms with E-state index in [1.807, 2.05) is 36.4 Å². The number of rotatable bonds is 6. The molecule has 1 aliphatic heterocycles. The summed E-state index contributed by atoms with van der Waals surface area (Å²) in [6.07, 6.45) is 3.37. The third kappa shape index (κ3) is 3.95. The van der Waals surface area contributed by atoms with Crippen molar-refractivity contribution in [1.82, 2.24) is 10.4 Å². The smallest absolute Gasteiger partial charge is 0.0618 e. The molecule has 0 bridgehead atoms. The number of benzene rings is 2. The van der Waals surface area contributed by atoms with Crippen molar-refractivity contribution in [2.75, 3.05) is 6.54 Å². The van der Waals surface area contributed by atoms with Crippen LogP contribution in [-0.2, 0) is 6.54 Å². The van der Waals surface area contributed by atoms with Gasteiger partial charge in [0.05, 0.1) is 6.04 Å². The Bertz CT molecular complexity index is 552. The first-order chi connectivity index (χ1) is 10.8. The predicted octanol–water partition coefficient (Wildman–Crippen LogP) is 3.76. The molecule has 0 amide bonds. The molecule has 2 N–H and O–H groups in total. The Labute approximate surface area is 132 Å². The van der Waals surface area contributed by atoms with E-state index in [-0.39, 0.29) is 6.04 Å². The summed E-state index contributed by atoms with van der Waals surface area (Å²) in [6, 6.07) is 21.0. The third-order valence-corrected chi connectivity index (χ3v) is 4.40. The van der Waals surface area contributed by atoms with E-state index in [2.05, 4.69) is 29.6 Å². The quantitative estimate of drug-likeness (QED) is 0.797. The lowest BCUT2D eigenvalue weighted by Gasteiger charge is -2.29. The molecule has 2 aromatic carbocycles. The molecular weight excluding hydrogens is 272 g/mol. The highest BCUT2D eigenvalue weighted by Gasteiger charge is 2.25. The third-order valence-electron chi connectivity index (χ3n) is 4.40. The van der Waals surface area contributed by atoms with Gasteiger partial charge in [0.2, 0.25) is 0 Å². The van der Waals surface area contributed by atoms with E-state index in [0.717, 1.165) is 18.5 Å². The van der Waals surface area contributed by atoms with Crippen LogP contribution >= 0.6 is 0 Å². The molecule has 1 heterocycles. The SMILES string of the molecule is ON(Cc1ccccc1)C(C[C@@H]1CCCN1)c1ccccc1. The van der Waals surface area contributed by atoms with Gasteiger partial charge in [-0.25, -0.2) is 0 Å². The summed E-state index contributed by atoms with van der Waals surface area (Å²) in [7, 11) is 0. The molecule has 116 valence electrons. The van der Waals surface area contributed by atoms with Crippen LogP contribution in [0.1, 0.15) is 36.4 Å². The van der Waals surface area contributed by atoms with Gasteiger partial charge in [-0.1, -0.05) is 60.7 Å². The van der Waals surface area contributed by atoms with Crippen LogP contribution in [0.25, 0.3) is 0 Å². The maximum absolute atomic E-state index is 10.7. The number of nitrogens with zero attached hydrogens (tertiary/aromatic N) is 1. The topological polar surface area (TPSA) is 35.5 Å². The van der Waals surface area contributed by atoms with Crippen molar-refractivity contribution in [2.24, 2.45) is 0 Å². The number of hydrogen-bond acceptors (Lipinski definition) is 3. The normalized spacial score (nSPS) is 19.5. The number of hydroxylamine groups is 2. The van der Waals surface area contributed by atoms with Crippen molar-refractivity contribution in [3.05, 3.63) is 71.8 Å². The van der Waals surface area contributed by atoms with Crippen LogP contribution in [0.15, 0.2) is 60.7 Å². The Balaban J connectivity index is 1.74. The fraction of sp³-hybridized carbons (Fsp3) is 0.368. The second kappa shape index (κ2) is 7.54. The summed E-state index contributed by atoms with van der Waals surface area (Å²) >= 11 is 0. The molecule has 2 atom stereocenters. The van der Waals surface area contributed by atoms with Crippen LogP contribution in [-0.4, -0.2) is 22.9 Å². The van der Waals surface area contributed by atoms with E-state index < -0.39 is 0 Å². The fourth-order valence-corrected chi connectivity index (χ4v) is 3.21. The van der Waals surface area contributed by atoms with Crippen LogP contribution in [0.5, 0.6) is 0 Å². The van der Waals surface area contributed by atoms with Crippen molar-refractivity contribution in [3.63, 3.8) is 0 Å². The van der Waals surface area contributed by atoms with Gasteiger partial charge in [-0.3, -0.25) is 0 Å². The summed E-state index contributed by atoms with van der Waals surface area (Å²) in [5.74, 6) is 0. The Kier molecular flexibility index (Phi) is 5.22. The summed E-state index contributed by atoms with van der Waals surface area (Å²) in [5, 5.41) is 15.7. The molecule has 0 radical (unpaired) electrons. The molecule has 3 heteroatoms. The highest BCUT2D eigenvalue weighted by molar-refractivity contribution is 5.20. The van der Waals surface area contributed by atoms with Crippen molar-refractivity contribution < 1.29 is 5.21 Å². The highest BCUT2D eigenvalue weighted by atomic mass is 16.5. The molecule has 1 saturated heterocycles. The van der Waals surface area contributed by atoms with Crippen LogP contribution in [0.2, 0.25) is 0 Å². The summed E-state index contributed by atoms with van der Waals surface area (Å²) in [6.45, 7) is 1.64. The molecule has 1 unspecified atom stereocenters. The first-order valence-electron chi connectivity index (χ1n) is 8.10. The average molecular weight is 296 g/mol. The molecule has 1 aliphatic rings. The maximum atomic E-state index is 10.7. The minimum Gasteiger partial charge on any atom is -0.314 e. The number of nitrogens with one attached hydrogen (secondary N) is 1. The van der Waals surface area contributed by atoms with Gasteiger partial charge >= 0.3 is 0 Å². The summed E-state index contributed by atoms with van der Waals surface area (Å²) < 4.78 is 0. The largest absolute Gasteiger partial charge is 0.314 e. The Morgan fingerprint density at radius 1 is 1.05 bits per heavy atom. The van der Waals surface area contributed by atoms with E-state index in [9.17, 15) is 5.21 Å². The monoisotopic (exact) mass is 296 g/mol. The van der Waals surface area contributed by atoms with Gasteiger partial charge in [0.15, 0.2) is 0 Å². The van der Waals surface area contributed by atoms with Crippen LogP contribution in [0, 0.1) is 0 Å². The van der Waals surface area contributed by atoms with Gasteiger partial charge in [0.25, 0.3) is 0 Å². The van der Waals surface area contributed by atoms with E-state index in [4.69, 9.17) is 0 Å². The van der Waals surface area contributed by atoms with Gasteiger partial charge in [0, 0.05) is 12.6 Å². The standard InChI is InChI=1S/C19H24N2O/c22-21(15-16-8-3-1-4-9-16)19(14-18-12-7-13-20-18)17-10-5-2-6-11-17/h1-6,8-11,18-20,22H,7,12-15H2/t18-,19?/m0/s1. The molecule has 2 aromatic rings. The molecule has 3 rings (SSSR count). The maximum Gasteiger partial charge on any atom is 0.0618 e. The zero-order valence-electron chi connectivity index (χ0n) is 12.9. The average Bonchev–Trinajstić information content (AvgIpc) is 3.07. The zero-order valence-corrected chi connectivity index (χ0v) is 12.9. The lowest BCUT2D eigenvalue weighted by atomic mass is 9.97. The van der Waals surface area contributed by atoms with Crippen molar-refractivity contribution in [2.45, 2.75) is 37.9 Å². The lowest BCUT2D eigenvalue weighted by Crippen LogP contribution is -2.32. The minimum absolute atomic E-state index is 0.0250. The van der Waals surface area contributed by atoms with Gasteiger partial charge in [-0.15, -0.1) is 0 Å². The second-order valence-electron chi connectivity index (χ2n) is 6.04. The van der Waals surface area contributed by atoms with Crippen molar-refractivity contribution in [1.29, 1.82) is 0 Å². The van der Waals surface area contributed by atoms with Gasteiger partial charge in [-0.2, -0.15) is 5.06 Å². The Hall–Kier alpha value is -1.68. The van der Waals surface area contributed by atoms with Gasteiger partial charge in [0.1, 0.15) is 0 Å². The fourth-order valence-electron chi connectivity index (χ4n) is 3.21. The Morgan fingerprint density at radius 3 is 2.36 bits per heavy atom. The lowest BCUT2D eigenvalue weighted by molar-refractivity contribution is -0.141. The minimum atomic E-state index is 0.0250. The first-order valence-corrected chi connectivity index (χ1v) is 8.10. The predicted molar refractivity (Wildman–Crippen MR) is 88.6 cm³/mol. The molecule has 0 spiro atoms. The van der Waals surface area contributed by atoms with Gasteiger partial charge < -0.3 is 10.5 Å². The van der Waals surface area contributed by atoms with E-state index in [0.29, 0.717) is 12.6 Å². The molecule has 1 fully saturated rings. The molecule has 0 aromatic heterocycles. The van der Waals surface area contributed by atoms with Crippen LogP contribution < -0.4 is 5.32 Å². The van der Waals surface area contributed by atoms with Crippen molar-refractivity contribution >= 4 is 0 Å². The molecule has 3 nitrogen and oxygen atoms in total. The highest BCUT2D eigenvalue weighted by Crippen LogP contribution is 2.28. The van der Waals surface area contributed by atoms with Crippen LogP contribution in [0.3, 0.4) is 0 Å². The zero-order chi connectivity index (χ0) is 15.2. The first kappa shape index (κ1) is 15.2. The van der Waals surface area contributed by atoms with E-state index in [1.54, 1.807) is 0 Å². The molecule has 0 aliphatic carbocycles. The second-order valence-corrected chi connectivity index (χ2v) is 6.04. The Morgan fingerprint density at radius 2 is 1.73 bits per heavy atom. The van der Waals surface area contributed by atoms with E-state index in [1.165, 1.54) is 23.5 Å². The molecule has 22 heavy (non-hydrogen) atoms. The van der Waals surface area contributed by atoms with E-state index >= 15 is 0 Å². The summed E-state index contributed by atoms with van der Waals surface area (Å²) in [4.78, 5) is 0.